The van der Waals surface area contributed by atoms with Crippen LogP contribution in [0.2, 0.25) is 0 Å². The lowest BCUT2D eigenvalue weighted by molar-refractivity contribution is -0.598. The highest BCUT2D eigenvalue weighted by atomic mass is 16.3. The smallest absolute Gasteiger partial charge is 0.281 e. The van der Waals surface area contributed by atoms with E-state index in [9.17, 15) is 9.90 Å². The summed E-state index contributed by atoms with van der Waals surface area (Å²) in [4.78, 5) is 11.3. The highest BCUT2D eigenvalue weighted by molar-refractivity contribution is 5.80. The summed E-state index contributed by atoms with van der Waals surface area (Å²) in [5.74, 6) is -0.158. The second-order valence-electron chi connectivity index (χ2n) is 4.00. The molecule has 0 aliphatic carbocycles. The van der Waals surface area contributed by atoms with E-state index in [0.29, 0.717) is 0 Å². The van der Waals surface area contributed by atoms with Gasteiger partial charge in [-0.25, -0.2) is 0 Å². The molecule has 3 N–H and O–H groups in total. The molecule has 90 valence electrons. The molecule has 0 saturated carbocycles. The first-order valence-electron chi connectivity index (χ1n) is 5.47. The SMILES string of the molecule is O=C1C[C@H]([C@@H](O)CO)/[N+](=C/c2ccccc2)N1. The van der Waals surface area contributed by atoms with E-state index in [2.05, 4.69) is 5.43 Å². The number of aliphatic hydroxyl groups is 2. The van der Waals surface area contributed by atoms with Crippen LogP contribution in [0.1, 0.15) is 12.0 Å². The number of hydrazine groups is 1. The molecular weight excluding hydrogens is 220 g/mol. The van der Waals surface area contributed by atoms with Crippen LogP contribution in [0, 0.1) is 0 Å². The van der Waals surface area contributed by atoms with Crippen LogP contribution >= 0.6 is 0 Å². The molecule has 2 atom stereocenters. The van der Waals surface area contributed by atoms with E-state index in [-0.39, 0.29) is 18.9 Å². The molecule has 1 aliphatic rings. The molecule has 0 bridgehead atoms. The highest BCUT2D eigenvalue weighted by Crippen LogP contribution is 2.10. The van der Waals surface area contributed by atoms with Crippen LogP contribution in [0.5, 0.6) is 0 Å². The van der Waals surface area contributed by atoms with E-state index in [1.165, 1.54) is 0 Å². The van der Waals surface area contributed by atoms with Gasteiger partial charge in [0.25, 0.3) is 5.91 Å². The second-order valence-corrected chi connectivity index (χ2v) is 4.00. The Labute approximate surface area is 99.0 Å². The molecule has 1 aromatic carbocycles. The minimum atomic E-state index is -0.936. The molecule has 0 spiro atoms. The first-order valence-corrected chi connectivity index (χ1v) is 5.47. The molecule has 0 radical (unpaired) electrons. The average Bonchev–Trinajstić information content (AvgIpc) is 2.70. The average molecular weight is 235 g/mol. The number of amides is 1. The van der Waals surface area contributed by atoms with Crippen molar-refractivity contribution >= 4 is 12.1 Å². The van der Waals surface area contributed by atoms with Crippen molar-refractivity contribution in [3.05, 3.63) is 35.9 Å². The van der Waals surface area contributed by atoms with E-state index in [0.717, 1.165) is 5.56 Å². The van der Waals surface area contributed by atoms with Crippen molar-refractivity contribution in [3.8, 4) is 0 Å². The summed E-state index contributed by atoms with van der Waals surface area (Å²) in [5.41, 5.74) is 3.56. The first kappa shape index (κ1) is 11.8. The predicted octanol–water partition coefficient (Wildman–Crippen LogP) is -0.725. The zero-order valence-electron chi connectivity index (χ0n) is 9.28. The maximum absolute atomic E-state index is 11.3. The zero-order chi connectivity index (χ0) is 12.3. The van der Waals surface area contributed by atoms with Crippen LogP contribution in [0.4, 0.5) is 0 Å². The van der Waals surface area contributed by atoms with Crippen LogP contribution < -0.4 is 5.43 Å². The molecule has 0 aromatic heterocycles. The number of benzene rings is 1. The predicted molar refractivity (Wildman–Crippen MR) is 61.5 cm³/mol. The lowest BCUT2D eigenvalue weighted by Gasteiger charge is -2.09. The Morgan fingerprint density at radius 3 is 2.82 bits per heavy atom. The summed E-state index contributed by atoms with van der Waals surface area (Å²) < 4.78 is 1.55. The van der Waals surface area contributed by atoms with Gasteiger partial charge in [0.15, 0.2) is 0 Å². The normalized spacial score (nSPS) is 23.8. The Hall–Kier alpha value is -1.72. The van der Waals surface area contributed by atoms with Gasteiger partial charge in [0.1, 0.15) is 6.10 Å². The summed E-state index contributed by atoms with van der Waals surface area (Å²) in [6, 6.07) is 9.05. The van der Waals surface area contributed by atoms with Gasteiger partial charge in [0, 0.05) is 5.56 Å². The van der Waals surface area contributed by atoms with Gasteiger partial charge in [-0.1, -0.05) is 18.2 Å². The number of hydrogen-bond acceptors (Lipinski definition) is 3. The molecule has 5 heteroatoms. The van der Waals surface area contributed by atoms with Gasteiger partial charge in [0.05, 0.1) is 13.0 Å². The number of nitrogens with zero attached hydrogens (tertiary/aromatic N) is 1. The second kappa shape index (κ2) is 5.07. The first-order chi connectivity index (χ1) is 8.20. The minimum Gasteiger partial charge on any atom is -0.393 e. The zero-order valence-corrected chi connectivity index (χ0v) is 9.28. The van der Waals surface area contributed by atoms with Crippen LogP contribution in [-0.2, 0) is 4.79 Å². The molecule has 1 aliphatic heterocycles. The maximum atomic E-state index is 11.3. The Balaban J connectivity index is 2.24. The van der Waals surface area contributed by atoms with Crippen LogP contribution in [-0.4, -0.2) is 45.8 Å². The van der Waals surface area contributed by atoms with Crippen molar-refractivity contribution in [2.75, 3.05) is 6.61 Å². The van der Waals surface area contributed by atoms with E-state index in [4.69, 9.17) is 5.11 Å². The van der Waals surface area contributed by atoms with Gasteiger partial charge in [0.2, 0.25) is 12.3 Å². The third kappa shape index (κ3) is 2.69. The maximum Gasteiger partial charge on any atom is 0.281 e. The summed E-state index contributed by atoms with van der Waals surface area (Å²) in [6.07, 6.45) is 0.994. The lowest BCUT2D eigenvalue weighted by atomic mass is 10.1. The quantitative estimate of drug-likeness (QED) is 0.605. The summed E-state index contributed by atoms with van der Waals surface area (Å²) >= 11 is 0. The number of hydrazone groups is 1. The molecule has 1 aromatic rings. The Bertz CT molecular complexity index is 431. The molecule has 5 nitrogen and oxygen atoms in total. The third-order valence-electron chi connectivity index (χ3n) is 2.72. The van der Waals surface area contributed by atoms with E-state index >= 15 is 0 Å². The topological polar surface area (TPSA) is 72.6 Å². The number of carbonyl (C=O) groups excluding carboxylic acids is 1. The molecule has 1 amide bonds. The number of aliphatic hydroxyl groups excluding tert-OH is 2. The molecule has 17 heavy (non-hydrogen) atoms. The van der Waals surface area contributed by atoms with Crippen LogP contribution in [0.25, 0.3) is 0 Å². The molecule has 0 unspecified atom stereocenters. The summed E-state index contributed by atoms with van der Waals surface area (Å²) in [7, 11) is 0. The van der Waals surface area contributed by atoms with Crippen molar-refractivity contribution in [2.45, 2.75) is 18.6 Å². The molecular formula is C12H15N2O3+. The summed E-state index contributed by atoms with van der Waals surface area (Å²) in [6.45, 7) is -0.362. The fourth-order valence-corrected chi connectivity index (χ4v) is 1.83. The molecule has 1 heterocycles. The fraction of sp³-hybridized carbons (Fsp3) is 0.333. The largest absolute Gasteiger partial charge is 0.393 e. The highest BCUT2D eigenvalue weighted by Gasteiger charge is 2.39. The van der Waals surface area contributed by atoms with E-state index in [1.807, 2.05) is 30.3 Å². The van der Waals surface area contributed by atoms with Crippen LogP contribution in [0.3, 0.4) is 0 Å². The standard InChI is InChI=1S/C12H14N2O3/c15-8-11(16)10-6-12(17)13-14(10)7-9-4-2-1-3-5-9/h1-5,7,10-11,15-16H,6,8H2/p+1/b14-7-/t10-,11+/m1/s1. The van der Waals surface area contributed by atoms with Gasteiger partial charge in [-0.3, -0.25) is 4.79 Å². The Morgan fingerprint density at radius 1 is 1.47 bits per heavy atom. The van der Waals surface area contributed by atoms with Crippen molar-refractivity contribution < 1.29 is 19.7 Å². The van der Waals surface area contributed by atoms with Crippen LogP contribution in [0.15, 0.2) is 30.3 Å². The van der Waals surface area contributed by atoms with Crippen molar-refractivity contribution in [3.63, 3.8) is 0 Å². The van der Waals surface area contributed by atoms with E-state index < -0.39 is 12.1 Å². The Morgan fingerprint density at radius 2 is 2.18 bits per heavy atom. The van der Waals surface area contributed by atoms with Crippen molar-refractivity contribution in [1.29, 1.82) is 0 Å². The molecule has 2 rings (SSSR count). The fourth-order valence-electron chi connectivity index (χ4n) is 1.83. The minimum absolute atomic E-state index is 0.158. The van der Waals surface area contributed by atoms with Gasteiger partial charge in [-0.05, 0) is 12.1 Å². The van der Waals surface area contributed by atoms with Gasteiger partial charge >= 0.3 is 0 Å². The molecule has 1 saturated heterocycles. The van der Waals surface area contributed by atoms with Gasteiger partial charge < -0.3 is 10.2 Å². The number of nitrogens with one attached hydrogen (secondary N) is 1. The Kier molecular flexibility index (Phi) is 3.51. The van der Waals surface area contributed by atoms with Gasteiger partial charge in [-0.15, -0.1) is 10.1 Å². The van der Waals surface area contributed by atoms with Crippen molar-refractivity contribution in [1.82, 2.24) is 5.43 Å². The molecule has 1 fully saturated rings. The number of rotatable bonds is 3. The monoisotopic (exact) mass is 235 g/mol. The summed E-state index contributed by atoms with van der Waals surface area (Å²) in [5, 5.41) is 18.6. The third-order valence-corrected chi connectivity index (χ3v) is 2.72. The lowest BCUT2D eigenvalue weighted by Crippen LogP contribution is -2.39. The number of hydrogen-bond donors (Lipinski definition) is 3. The van der Waals surface area contributed by atoms with Crippen molar-refractivity contribution in [2.24, 2.45) is 0 Å². The van der Waals surface area contributed by atoms with E-state index in [1.54, 1.807) is 10.9 Å². The number of carbonyl (C=O) groups is 1. The van der Waals surface area contributed by atoms with Gasteiger partial charge in [-0.2, -0.15) is 0 Å².